The maximum absolute atomic E-state index is 13.6. The van der Waals surface area contributed by atoms with Crippen molar-refractivity contribution in [1.82, 2.24) is 20.2 Å². The number of carboxylic acid groups (broad SMARTS) is 1. The van der Waals surface area contributed by atoms with Gasteiger partial charge in [-0.15, -0.1) is 30.7 Å². The summed E-state index contributed by atoms with van der Waals surface area (Å²) in [6.45, 7) is 1.82. The summed E-state index contributed by atoms with van der Waals surface area (Å²) in [6, 6.07) is 4.80. The lowest BCUT2D eigenvalue weighted by molar-refractivity contribution is -0.274. The van der Waals surface area contributed by atoms with Crippen LogP contribution >= 0.6 is 12.4 Å². The van der Waals surface area contributed by atoms with Crippen LogP contribution < -0.4 is 14.5 Å². The first-order valence-corrected chi connectivity index (χ1v) is 15.4. The summed E-state index contributed by atoms with van der Waals surface area (Å²) in [4.78, 5) is 15.2. The number of carboxylic acids is 1. The lowest BCUT2D eigenvalue weighted by Crippen LogP contribution is -2.33. The van der Waals surface area contributed by atoms with Crippen molar-refractivity contribution in [2.24, 2.45) is 18.9 Å². The highest BCUT2D eigenvalue weighted by atomic mass is 35.5. The van der Waals surface area contributed by atoms with E-state index < -0.39 is 53.7 Å². The molecule has 1 aromatic heterocycles. The molecule has 0 spiro atoms. The first-order chi connectivity index (χ1) is 22.8. The smallest absolute Gasteiger partial charge is 0.481 e. The summed E-state index contributed by atoms with van der Waals surface area (Å²) in [5, 5.41) is 20.7. The second kappa shape index (κ2) is 16.4. The Hall–Kier alpha value is -3.96. The Bertz CT molecular complexity index is 1540. The third-order valence-corrected chi connectivity index (χ3v) is 8.38. The van der Waals surface area contributed by atoms with Crippen LogP contribution in [0, 0.1) is 11.8 Å². The summed E-state index contributed by atoms with van der Waals surface area (Å²) in [5.74, 6) is -1.16. The predicted octanol–water partition coefficient (Wildman–Crippen LogP) is 8.27. The number of anilines is 2. The van der Waals surface area contributed by atoms with Gasteiger partial charge in [-0.05, 0) is 90.8 Å². The number of hydrogen-bond acceptors (Lipinski definition) is 7. The number of carbonyl (C=O) groups is 1. The molecule has 4 rings (SSSR count). The van der Waals surface area contributed by atoms with Crippen LogP contribution in [0.2, 0.25) is 0 Å². The van der Waals surface area contributed by atoms with Gasteiger partial charge < -0.3 is 19.6 Å². The summed E-state index contributed by atoms with van der Waals surface area (Å²) in [7, 11) is 1.39. The minimum Gasteiger partial charge on any atom is -0.481 e. The molecule has 0 saturated heterocycles. The summed E-state index contributed by atoms with van der Waals surface area (Å²) < 4.78 is 126. The van der Waals surface area contributed by atoms with Gasteiger partial charge in [-0.2, -0.15) is 31.1 Å². The van der Waals surface area contributed by atoms with Crippen molar-refractivity contribution in [2.45, 2.75) is 77.3 Å². The summed E-state index contributed by atoms with van der Waals surface area (Å²) >= 11 is 0. The maximum atomic E-state index is 13.6. The zero-order chi connectivity index (χ0) is 36.1. The van der Waals surface area contributed by atoms with E-state index in [0.29, 0.717) is 37.3 Å². The van der Waals surface area contributed by atoms with E-state index in [0.717, 1.165) is 42.6 Å². The fourth-order valence-corrected chi connectivity index (χ4v) is 6.07. The Kier molecular flexibility index (Phi) is 13.3. The SMILES string of the molecule is CCN(CC1CCC(CCC(=O)O)CC1)c1ccc(OC(F)(F)F)cc1CN(Cc1cc(C(F)(F)F)cc(C(F)(F)F)c1)c1nnn(C)n1.Cl. The molecule has 1 aliphatic rings. The third-order valence-electron chi connectivity index (χ3n) is 8.38. The third kappa shape index (κ3) is 11.6. The quantitative estimate of drug-likeness (QED) is 0.175. The molecule has 19 heteroatoms. The largest absolute Gasteiger partial charge is 0.573 e. The van der Waals surface area contributed by atoms with Crippen LogP contribution in [0.3, 0.4) is 0 Å². The van der Waals surface area contributed by atoms with E-state index in [9.17, 15) is 44.3 Å². The van der Waals surface area contributed by atoms with Gasteiger partial charge >= 0.3 is 24.7 Å². The van der Waals surface area contributed by atoms with E-state index in [4.69, 9.17) is 5.11 Å². The molecule has 0 bridgehead atoms. The van der Waals surface area contributed by atoms with Crippen LogP contribution in [0.5, 0.6) is 5.75 Å². The molecule has 0 unspecified atom stereocenters. The number of aryl methyl sites for hydroxylation is 1. The Morgan fingerprint density at radius 1 is 0.900 bits per heavy atom. The molecule has 1 heterocycles. The fourth-order valence-electron chi connectivity index (χ4n) is 6.07. The number of benzene rings is 2. The molecular weight excluding hydrogens is 711 g/mol. The van der Waals surface area contributed by atoms with Gasteiger partial charge in [-0.25, -0.2) is 0 Å². The predicted molar refractivity (Wildman–Crippen MR) is 166 cm³/mol. The van der Waals surface area contributed by atoms with Crippen LogP contribution in [0.4, 0.5) is 51.1 Å². The number of aromatic nitrogens is 4. The molecule has 1 N–H and O–H groups in total. The first kappa shape index (κ1) is 40.5. The molecule has 1 fully saturated rings. The van der Waals surface area contributed by atoms with Gasteiger partial charge in [-0.3, -0.25) is 4.79 Å². The highest BCUT2D eigenvalue weighted by Gasteiger charge is 2.37. The van der Waals surface area contributed by atoms with Gasteiger partial charge in [0.1, 0.15) is 5.75 Å². The molecule has 278 valence electrons. The zero-order valence-corrected chi connectivity index (χ0v) is 27.8. The second-order valence-electron chi connectivity index (χ2n) is 12.0. The topological polar surface area (TPSA) is 96.6 Å². The standard InChI is InChI=1S/C31H35F9N6O3.ClH/c1-3-45(16-20-6-4-19(5-7-20)8-11-27(47)48)26-10-9-25(49-31(38,39)40)14-22(26)18-46(28-41-43-44(2)42-28)17-21-12-23(29(32,33)34)15-24(13-21)30(35,36)37;/h9-10,12-15,19-20H,3-8,11,16-18H2,1-2H3,(H,47,48);1H. The van der Waals surface area contributed by atoms with Gasteiger partial charge in [-0.1, -0.05) is 17.9 Å². The van der Waals surface area contributed by atoms with E-state index in [-0.39, 0.29) is 54.8 Å². The molecule has 0 radical (unpaired) electrons. The number of nitrogens with zero attached hydrogens (tertiary/aromatic N) is 6. The molecule has 9 nitrogen and oxygen atoms in total. The molecule has 0 amide bonds. The van der Waals surface area contributed by atoms with Crippen molar-refractivity contribution in [1.29, 1.82) is 0 Å². The maximum Gasteiger partial charge on any atom is 0.573 e. The fraction of sp³-hybridized carbons (Fsp3) is 0.548. The molecule has 3 aromatic rings. The van der Waals surface area contributed by atoms with Crippen LogP contribution in [0.1, 0.15) is 67.7 Å². The van der Waals surface area contributed by atoms with E-state index in [1.807, 2.05) is 11.8 Å². The molecule has 1 saturated carbocycles. The Labute approximate surface area is 287 Å². The number of hydrogen-bond donors (Lipinski definition) is 1. The average Bonchev–Trinajstić information content (AvgIpc) is 3.43. The second-order valence-corrected chi connectivity index (χ2v) is 12.0. The number of ether oxygens (including phenoxy) is 1. The number of tetrazole rings is 1. The Balaban J connectivity index is 0.00000676. The van der Waals surface area contributed by atoms with E-state index >= 15 is 0 Å². The van der Waals surface area contributed by atoms with Crippen LogP contribution in [-0.4, -0.2) is 50.7 Å². The normalized spacial score (nSPS) is 16.9. The van der Waals surface area contributed by atoms with Crippen LogP contribution in [-0.2, 0) is 37.3 Å². The summed E-state index contributed by atoms with van der Waals surface area (Å²) in [6.07, 6.45) is -11.3. The van der Waals surface area contributed by atoms with Gasteiger partial charge in [0.2, 0.25) is 0 Å². The molecular formula is C31H36ClF9N6O3. The van der Waals surface area contributed by atoms with E-state index in [1.165, 1.54) is 18.0 Å². The molecule has 0 atom stereocenters. The van der Waals surface area contributed by atoms with Crippen molar-refractivity contribution in [3.05, 3.63) is 58.7 Å². The molecule has 50 heavy (non-hydrogen) atoms. The lowest BCUT2D eigenvalue weighted by Gasteiger charge is -2.35. The van der Waals surface area contributed by atoms with Crippen molar-refractivity contribution in [2.75, 3.05) is 22.9 Å². The monoisotopic (exact) mass is 746 g/mol. The van der Waals surface area contributed by atoms with Gasteiger partial charge in [0.05, 0.1) is 18.2 Å². The number of halogens is 10. The van der Waals surface area contributed by atoms with Gasteiger partial charge in [0.25, 0.3) is 5.95 Å². The number of rotatable bonds is 13. The minimum absolute atomic E-state index is 0. The van der Waals surface area contributed by atoms with Crippen molar-refractivity contribution < 1.29 is 54.2 Å². The Morgan fingerprint density at radius 2 is 1.50 bits per heavy atom. The van der Waals surface area contributed by atoms with Crippen molar-refractivity contribution >= 4 is 30.0 Å². The Morgan fingerprint density at radius 3 is 2.00 bits per heavy atom. The van der Waals surface area contributed by atoms with Crippen molar-refractivity contribution in [3.63, 3.8) is 0 Å². The first-order valence-electron chi connectivity index (χ1n) is 15.4. The number of aliphatic carboxylic acids is 1. The van der Waals surface area contributed by atoms with E-state index in [1.54, 1.807) is 0 Å². The molecule has 0 aliphatic heterocycles. The van der Waals surface area contributed by atoms with Crippen LogP contribution in [0.25, 0.3) is 0 Å². The van der Waals surface area contributed by atoms with Gasteiger partial charge in [0.15, 0.2) is 0 Å². The average molecular weight is 747 g/mol. The van der Waals surface area contributed by atoms with Crippen LogP contribution in [0.15, 0.2) is 36.4 Å². The molecule has 2 aromatic carbocycles. The zero-order valence-electron chi connectivity index (χ0n) is 26.9. The summed E-state index contributed by atoms with van der Waals surface area (Å²) in [5.41, 5.74) is -2.76. The highest BCUT2D eigenvalue weighted by molar-refractivity contribution is 5.85. The minimum atomic E-state index is -5.10. The highest BCUT2D eigenvalue weighted by Crippen LogP contribution is 2.38. The number of alkyl halides is 9. The lowest BCUT2D eigenvalue weighted by atomic mass is 9.79. The van der Waals surface area contributed by atoms with Crippen molar-refractivity contribution in [3.8, 4) is 5.75 Å². The molecule has 1 aliphatic carbocycles. The van der Waals surface area contributed by atoms with Gasteiger partial charge in [0, 0.05) is 38.3 Å². The van der Waals surface area contributed by atoms with E-state index in [2.05, 4.69) is 20.1 Å².